The molecular weight excluding hydrogens is 387 g/mol. The quantitative estimate of drug-likeness (QED) is 0.543. The van der Waals surface area contributed by atoms with Crippen molar-refractivity contribution >= 4 is 23.4 Å². The summed E-state index contributed by atoms with van der Waals surface area (Å²) in [5, 5.41) is 19.9. The van der Waals surface area contributed by atoms with Crippen LogP contribution in [-0.4, -0.2) is 53.1 Å². The third-order valence-electron chi connectivity index (χ3n) is 5.25. The molecule has 28 heavy (non-hydrogen) atoms. The van der Waals surface area contributed by atoms with Crippen LogP contribution in [0.5, 0.6) is 0 Å². The van der Waals surface area contributed by atoms with Gasteiger partial charge in [-0.1, -0.05) is 11.6 Å². The molecule has 1 aromatic carbocycles. The Kier molecular flexibility index (Phi) is 4.86. The largest absolute Gasteiger partial charge is 0.381 e. The van der Waals surface area contributed by atoms with Gasteiger partial charge in [-0.2, -0.15) is 0 Å². The Hall–Kier alpha value is -2.42. The number of allylic oxidation sites excluding steroid dienone is 1. The number of rotatable bonds is 4. The predicted molar refractivity (Wildman–Crippen MR) is 100 cm³/mol. The number of nitrogens with one attached hydrogen (secondary N) is 3. The van der Waals surface area contributed by atoms with E-state index in [1.807, 2.05) is 6.08 Å². The number of fused-ring (bicyclic) bond motifs is 1. The maximum Gasteiger partial charge on any atom is 0.268 e. The average Bonchev–Trinajstić information content (AvgIpc) is 3.24. The number of carbonyl (C=O) groups is 2. The Bertz CT molecular complexity index is 883. The number of amides is 2. The molecule has 7 nitrogen and oxygen atoms in total. The van der Waals surface area contributed by atoms with Gasteiger partial charge in [0.15, 0.2) is 0 Å². The molecule has 0 saturated carbocycles. The van der Waals surface area contributed by atoms with E-state index in [9.17, 15) is 19.1 Å². The zero-order valence-corrected chi connectivity index (χ0v) is 15.7. The van der Waals surface area contributed by atoms with Crippen LogP contribution in [0.4, 0.5) is 4.39 Å². The molecule has 2 fully saturated rings. The summed E-state index contributed by atoms with van der Waals surface area (Å²) in [4.78, 5) is 26.7. The van der Waals surface area contributed by atoms with E-state index in [2.05, 4.69) is 16.0 Å². The van der Waals surface area contributed by atoms with Crippen LogP contribution in [0.15, 0.2) is 41.7 Å². The van der Waals surface area contributed by atoms with Crippen molar-refractivity contribution in [3.63, 3.8) is 0 Å². The highest BCUT2D eigenvalue weighted by Crippen LogP contribution is 2.29. The Balaban J connectivity index is 1.44. The summed E-state index contributed by atoms with van der Waals surface area (Å²) in [6.07, 6.45) is 3.62. The van der Waals surface area contributed by atoms with Gasteiger partial charge >= 0.3 is 0 Å². The molecule has 0 spiro atoms. The summed E-state index contributed by atoms with van der Waals surface area (Å²) >= 11 is 5.80. The molecular formula is C19H20ClFN4O3. The van der Waals surface area contributed by atoms with Gasteiger partial charge in [-0.15, -0.1) is 0 Å². The molecule has 148 valence electrons. The van der Waals surface area contributed by atoms with Crippen molar-refractivity contribution in [3.8, 4) is 0 Å². The molecule has 9 heteroatoms. The Morgan fingerprint density at radius 3 is 3.04 bits per heavy atom. The number of nitrogens with zero attached hydrogens (tertiary/aromatic N) is 1. The Morgan fingerprint density at radius 2 is 2.25 bits per heavy atom. The van der Waals surface area contributed by atoms with Crippen LogP contribution in [0, 0.1) is 5.82 Å². The number of carbonyl (C=O) groups excluding carboxylic acids is 2. The fourth-order valence-corrected chi connectivity index (χ4v) is 3.95. The van der Waals surface area contributed by atoms with Crippen molar-refractivity contribution in [3.05, 3.63) is 58.1 Å². The van der Waals surface area contributed by atoms with Gasteiger partial charge in [0.2, 0.25) is 5.60 Å². The second-order valence-corrected chi connectivity index (χ2v) is 7.60. The smallest absolute Gasteiger partial charge is 0.268 e. The van der Waals surface area contributed by atoms with Gasteiger partial charge in [0, 0.05) is 43.8 Å². The van der Waals surface area contributed by atoms with Crippen molar-refractivity contribution in [2.75, 3.05) is 19.6 Å². The minimum Gasteiger partial charge on any atom is -0.381 e. The van der Waals surface area contributed by atoms with E-state index in [1.54, 1.807) is 6.20 Å². The van der Waals surface area contributed by atoms with E-state index in [0.29, 0.717) is 11.3 Å². The molecule has 2 saturated heterocycles. The van der Waals surface area contributed by atoms with Gasteiger partial charge in [-0.05, 0) is 35.4 Å². The first-order valence-electron chi connectivity index (χ1n) is 9.02. The van der Waals surface area contributed by atoms with Crippen LogP contribution >= 0.6 is 11.6 Å². The van der Waals surface area contributed by atoms with E-state index < -0.39 is 23.2 Å². The van der Waals surface area contributed by atoms with Crippen LogP contribution in [0.1, 0.15) is 12.0 Å². The molecule has 3 heterocycles. The first-order chi connectivity index (χ1) is 13.4. The van der Waals surface area contributed by atoms with Crippen molar-refractivity contribution in [2.45, 2.75) is 24.6 Å². The third kappa shape index (κ3) is 3.39. The molecule has 2 atom stereocenters. The lowest BCUT2D eigenvalue weighted by Crippen LogP contribution is -2.52. The van der Waals surface area contributed by atoms with Crippen LogP contribution in [0.3, 0.4) is 0 Å². The zero-order chi connectivity index (χ0) is 19.9. The number of benzene rings is 1. The van der Waals surface area contributed by atoms with Gasteiger partial charge in [0.1, 0.15) is 5.82 Å². The normalized spacial score (nSPS) is 26.5. The summed E-state index contributed by atoms with van der Waals surface area (Å²) in [6, 6.07) is 4.11. The number of likely N-dealkylation sites (tertiary alicyclic amines) is 1. The van der Waals surface area contributed by atoms with Gasteiger partial charge in [0.05, 0.1) is 11.7 Å². The highest BCUT2D eigenvalue weighted by molar-refractivity contribution is 6.30. The summed E-state index contributed by atoms with van der Waals surface area (Å²) in [6.45, 7) is 1.73. The fourth-order valence-electron chi connectivity index (χ4n) is 3.71. The fraction of sp³-hybridized carbons (Fsp3) is 0.368. The lowest BCUT2D eigenvalue weighted by molar-refractivity contribution is -0.153. The molecule has 0 aliphatic carbocycles. The molecule has 2 unspecified atom stereocenters. The molecule has 0 aromatic heterocycles. The highest BCUT2D eigenvalue weighted by Gasteiger charge is 2.52. The molecule has 3 aliphatic heterocycles. The van der Waals surface area contributed by atoms with Gasteiger partial charge in [-0.3, -0.25) is 9.59 Å². The van der Waals surface area contributed by atoms with E-state index in [1.165, 1.54) is 17.0 Å². The topological polar surface area (TPSA) is 93.7 Å². The summed E-state index contributed by atoms with van der Waals surface area (Å²) < 4.78 is 13.4. The van der Waals surface area contributed by atoms with Crippen molar-refractivity contribution in [1.82, 2.24) is 20.9 Å². The van der Waals surface area contributed by atoms with Crippen LogP contribution < -0.4 is 16.0 Å². The third-order valence-corrected chi connectivity index (χ3v) is 5.47. The molecule has 0 radical (unpaired) electrons. The Morgan fingerprint density at radius 1 is 1.43 bits per heavy atom. The number of hydrogen-bond donors (Lipinski definition) is 4. The van der Waals surface area contributed by atoms with E-state index in [-0.39, 0.29) is 30.6 Å². The van der Waals surface area contributed by atoms with Crippen LogP contribution in [-0.2, 0) is 16.1 Å². The minimum atomic E-state index is -2.15. The molecule has 4 rings (SSSR count). The molecule has 4 N–H and O–H groups in total. The van der Waals surface area contributed by atoms with Crippen molar-refractivity contribution in [2.24, 2.45) is 0 Å². The Labute approximate surface area is 166 Å². The molecule has 0 bridgehead atoms. The van der Waals surface area contributed by atoms with E-state index in [4.69, 9.17) is 11.6 Å². The monoisotopic (exact) mass is 406 g/mol. The van der Waals surface area contributed by atoms with Gasteiger partial charge in [0.25, 0.3) is 11.8 Å². The first kappa shape index (κ1) is 18.9. The van der Waals surface area contributed by atoms with Gasteiger partial charge in [-0.25, -0.2) is 4.39 Å². The highest BCUT2D eigenvalue weighted by atomic mass is 35.5. The zero-order valence-electron chi connectivity index (χ0n) is 15.0. The predicted octanol–water partition coefficient (Wildman–Crippen LogP) is 0.401. The minimum absolute atomic E-state index is 0.0240. The number of halogens is 2. The summed E-state index contributed by atoms with van der Waals surface area (Å²) in [5.41, 5.74) is 0.0445. The number of dihydropyridines is 1. The SMILES string of the molecule is O=C(NCc1cc(F)cc(Cl)c1)C1(O)CCN(C2=CNC3CNCC3=C2)C1=O. The maximum absolute atomic E-state index is 13.4. The first-order valence-corrected chi connectivity index (χ1v) is 9.39. The lowest BCUT2D eigenvalue weighted by Gasteiger charge is -2.26. The second kappa shape index (κ2) is 7.20. The molecule has 2 amide bonds. The number of aliphatic hydroxyl groups is 1. The van der Waals surface area contributed by atoms with Gasteiger partial charge < -0.3 is 26.0 Å². The average molecular weight is 407 g/mol. The second-order valence-electron chi connectivity index (χ2n) is 7.17. The van der Waals surface area contributed by atoms with E-state index >= 15 is 0 Å². The standard InChI is InChI=1S/C19H20ClFN4O3/c20-13-3-11(4-14(21)6-13)7-24-17(26)19(28)1-2-25(18(19)27)15-5-12-8-22-10-16(12)23-9-15/h3-6,9,16,22-23,28H,1-2,7-8,10H2,(H,24,26). The van der Waals surface area contributed by atoms with Crippen LogP contribution in [0.25, 0.3) is 0 Å². The van der Waals surface area contributed by atoms with Crippen molar-refractivity contribution < 1.29 is 19.1 Å². The van der Waals surface area contributed by atoms with Crippen molar-refractivity contribution in [1.29, 1.82) is 0 Å². The summed E-state index contributed by atoms with van der Waals surface area (Å²) in [5.74, 6) is -2.00. The number of hydrogen-bond acceptors (Lipinski definition) is 5. The lowest BCUT2D eigenvalue weighted by atomic mass is 10.0. The summed E-state index contributed by atoms with van der Waals surface area (Å²) in [7, 11) is 0. The van der Waals surface area contributed by atoms with Crippen LogP contribution in [0.2, 0.25) is 5.02 Å². The van der Waals surface area contributed by atoms with E-state index in [0.717, 1.165) is 24.7 Å². The maximum atomic E-state index is 13.4. The molecule has 3 aliphatic rings. The molecule has 1 aromatic rings.